The zero-order chi connectivity index (χ0) is 18.1. The van der Waals surface area contributed by atoms with Gasteiger partial charge in [0.05, 0.1) is 17.4 Å². The summed E-state index contributed by atoms with van der Waals surface area (Å²) in [4.78, 5) is 19.6. The van der Waals surface area contributed by atoms with Crippen LogP contribution >= 0.6 is 11.3 Å². The molecule has 3 heterocycles. The minimum atomic E-state index is -3.41. The van der Waals surface area contributed by atoms with E-state index in [1.165, 1.54) is 15.6 Å². The summed E-state index contributed by atoms with van der Waals surface area (Å²) >= 11 is 1.23. The third-order valence-corrected chi connectivity index (χ3v) is 7.83. The minimum Gasteiger partial charge on any atom is -0.349 e. The lowest BCUT2D eigenvalue weighted by atomic mass is 10.1. The summed E-state index contributed by atoms with van der Waals surface area (Å²) in [5.41, 5.74) is 2.19. The number of sulfonamides is 1. The molecule has 1 aliphatic rings. The fourth-order valence-electron chi connectivity index (χ4n) is 3.12. The van der Waals surface area contributed by atoms with Crippen LogP contribution in [-0.4, -0.2) is 47.7 Å². The van der Waals surface area contributed by atoms with E-state index < -0.39 is 10.0 Å². The van der Waals surface area contributed by atoms with Crippen LogP contribution < -0.4 is 5.32 Å². The van der Waals surface area contributed by atoms with Gasteiger partial charge < -0.3 is 10.3 Å². The Morgan fingerprint density at radius 1 is 1.27 bits per heavy atom. The van der Waals surface area contributed by atoms with Gasteiger partial charge in [0, 0.05) is 24.7 Å². The topological polar surface area (TPSA) is 95.2 Å². The molecule has 136 valence electrons. The van der Waals surface area contributed by atoms with Crippen LogP contribution in [0.1, 0.15) is 23.2 Å². The van der Waals surface area contributed by atoms with Gasteiger partial charge in [-0.15, -0.1) is 11.3 Å². The van der Waals surface area contributed by atoms with E-state index in [-0.39, 0.29) is 11.9 Å². The van der Waals surface area contributed by atoms with E-state index in [0.717, 1.165) is 11.0 Å². The van der Waals surface area contributed by atoms with Crippen LogP contribution in [0.25, 0.3) is 11.0 Å². The van der Waals surface area contributed by atoms with Gasteiger partial charge in [-0.1, -0.05) is 6.07 Å². The first-order valence-electron chi connectivity index (χ1n) is 8.32. The van der Waals surface area contributed by atoms with Crippen molar-refractivity contribution in [1.82, 2.24) is 19.6 Å². The number of rotatable bonds is 4. The highest BCUT2D eigenvalue weighted by atomic mass is 32.2. The van der Waals surface area contributed by atoms with E-state index in [1.54, 1.807) is 42.0 Å². The van der Waals surface area contributed by atoms with E-state index >= 15 is 0 Å². The van der Waals surface area contributed by atoms with Crippen molar-refractivity contribution in [2.75, 3.05) is 13.1 Å². The van der Waals surface area contributed by atoms with Crippen LogP contribution in [-0.2, 0) is 10.0 Å². The first kappa shape index (κ1) is 17.2. The number of amides is 1. The van der Waals surface area contributed by atoms with Crippen LogP contribution in [0.3, 0.4) is 0 Å². The summed E-state index contributed by atoms with van der Waals surface area (Å²) in [6.45, 7) is 0.815. The standard InChI is InChI=1S/C17H18N4O3S2/c22-17(12-3-4-14-15(10-12)19-11-18-14)20-13-5-7-21(8-6-13)26(23,24)16-2-1-9-25-16/h1-4,9-11,13H,5-8H2,(H,18,19)(H,20,22). The first-order chi connectivity index (χ1) is 12.5. The Hall–Kier alpha value is -2.23. The number of aromatic nitrogens is 2. The Morgan fingerprint density at radius 3 is 2.81 bits per heavy atom. The van der Waals surface area contributed by atoms with Gasteiger partial charge in [0.15, 0.2) is 0 Å². The molecule has 1 amide bonds. The van der Waals surface area contributed by atoms with Gasteiger partial charge in [0.1, 0.15) is 4.21 Å². The maximum Gasteiger partial charge on any atom is 0.252 e. The summed E-state index contributed by atoms with van der Waals surface area (Å²) in [7, 11) is -3.41. The Bertz CT molecular complexity index is 1020. The highest BCUT2D eigenvalue weighted by Crippen LogP contribution is 2.24. The number of H-pyrrole nitrogens is 1. The molecule has 2 N–H and O–H groups in total. The summed E-state index contributed by atoms with van der Waals surface area (Å²) in [6.07, 6.45) is 2.79. The van der Waals surface area contributed by atoms with Crippen LogP contribution in [0.2, 0.25) is 0 Å². The van der Waals surface area contributed by atoms with Crippen molar-refractivity contribution in [1.29, 1.82) is 0 Å². The molecule has 2 aromatic heterocycles. The molecule has 0 unspecified atom stereocenters. The lowest BCUT2D eigenvalue weighted by Gasteiger charge is -2.31. The van der Waals surface area contributed by atoms with Gasteiger partial charge in [-0.3, -0.25) is 4.79 Å². The predicted octanol–water partition coefficient (Wildman–Crippen LogP) is 2.21. The number of carbonyl (C=O) groups is 1. The van der Waals surface area contributed by atoms with E-state index in [4.69, 9.17) is 0 Å². The second kappa shape index (κ2) is 6.82. The number of thiophene rings is 1. The summed E-state index contributed by atoms with van der Waals surface area (Å²) in [5, 5.41) is 4.77. The van der Waals surface area contributed by atoms with Crippen molar-refractivity contribution in [3.8, 4) is 0 Å². The maximum absolute atomic E-state index is 12.5. The van der Waals surface area contributed by atoms with Crippen molar-refractivity contribution in [2.24, 2.45) is 0 Å². The van der Waals surface area contributed by atoms with Gasteiger partial charge in [-0.2, -0.15) is 4.31 Å². The number of nitrogens with zero attached hydrogens (tertiary/aromatic N) is 2. The van der Waals surface area contributed by atoms with Gasteiger partial charge >= 0.3 is 0 Å². The van der Waals surface area contributed by atoms with Gasteiger partial charge in [0.25, 0.3) is 15.9 Å². The number of carbonyl (C=O) groups excluding carboxylic acids is 1. The fraction of sp³-hybridized carbons (Fsp3) is 0.294. The normalized spacial score (nSPS) is 16.8. The van der Waals surface area contributed by atoms with Gasteiger partial charge in [-0.25, -0.2) is 13.4 Å². The van der Waals surface area contributed by atoms with Crippen molar-refractivity contribution >= 4 is 38.3 Å². The summed E-state index contributed by atoms with van der Waals surface area (Å²) < 4.78 is 26.9. The van der Waals surface area contributed by atoms with Crippen molar-refractivity contribution in [3.63, 3.8) is 0 Å². The molecule has 0 bridgehead atoms. The van der Waals surface area contributed by atoms with Gasteiger partial charge in [0.2, 0.25) is 0 Å². The molecule has 0 atom stereocenters. The zero-order valence-corrected chi connectivity index (χ0v) is 15.5. The second-order valence-electron chi connectivity index (χ2n) is 6.22. The number of aromatic amines is 1. The van der Waals surface area contributed by atoms with E-state index in [1.807, 2.05) is 0 Å². The Balaban J connectivity index is 1.38. The first-order valence-corrected chi connectivity index (χ1v) is 10.6. The molecule has 1 aromatic carbocycles. The van der Waals surface area contributed by atoms with E-state index in [9.17, 15) is 13.2 Å². The smallest absolute Gasteiger partial charge is 0.252 e. The molecule has 26 heavy (non-hydrogen) atoms. The quantitative estimate of drug-likeness (QED) is 0.714. The number of nitrogens with one attached hydrogen (secondary N) is 2. The van der Waals surface area contributed by atoms with Crippen LogP contribution in [0, 0.1) is 0 Å². The molecule has 0 spiro atoms. The molecule has 0 saturated carbocycles. The van der Waals surface area contributed by atoms with Crippen molar-refractivity contribution in [2.45, 2.75) is 23.1 Å². The predicted molar refractivity (Wildman–Crippen MR) is 99.7 cm³/mol. The van der Waals surface area contributed by atoms with Crippen molar-refractivity contribution < 1.29 is 13.2 Å². The molecule has 9 heteroatoms. The highest BCUT2D eigenvalue weighted by molar-refractivity contribution is 7.91. The number of hydrogen-bond donors (Lipinski definition) is 2. The molecule has 3 aromatic rings. The molecule has 1 fully saturated rings. The molecule has 7 nitrogen and oxygen atoms in total. The van der Waals surface area contributed by atoms with Crippen molar-refractivity contribution in [3.05, 3.63) is 47.6 Å². The molecule has 0 radical (unpaired) electrons. The molecule has 1 aliphatic heterocycles. The van der Waals surface area contributed by atoms with Crippen LogP contribution in [0.4, 0.5) is 0 Å². The van der Waals surface area contributed by atoms with E-state index in [2.05, 4.69) is 15.3 Å². The number of benzene rings is 1. The third-order valence-electron chi connectivity index (χ3n) is 4.56. The Morgan fingerprint density at radius 2 is 2.08 bits per heavy atom. The number of imidazole rings is 1. The Labute approximate surface area is 155 Å². The third kappa shape index (κ3) is 3.25. The molecule has 0 aliphatic carbocycles. The zero-order valence-electron chi connectivity index (χ0n) is 13.9. The monoisotopic (exact) mass is 390 g/mol. The highest BCUT2D eigenvalue weighted by Gasteiger charge is 2.30. The average Bonchev–Trinajstić information content (AvgIpc) is 3.33. The Kier molecular flexibility index (Phi) is 4.51. The van der Waals surface area contributed by atoms with Crippen LogP contribution in [0.5, 0.6) is 0 Å². The molecular weight excluding hydrogens is 372 g/mol. The second-order valence-corrected chi connectivity index (χ2v) is 9.33. The summed E-state index contributed by atoms with van der Waals surface area (Å²) in [5.74, 6) is -0.152. The summed E-state index contributed by atoms with van der Waals surface area (Å²) in [6, 6.07) is 8.65. The molecule has 4 rings (SSSR count). The number of hydrogen-bond acceptors (Lipinski definition) is 5. The van der Waals surface area contributed by atoms with Gasteiger partial charge in [-0.05, 0) is 42.5 Å². The maximum atomic E-state index is 12.5. The number of fused-ring (bicyclic) bond motifs is 1. The fourth-order valence-corrected chi connectivity index (χ4v) is 5.74. The molecule has 1 saturated heterocycles. The SMILES string of the molecule is O=C(NC1CCN(S(=O)(=O)c2cccs2)CC1)c1ccc2nc[nH]c2c1. The van der Waals surface area contributed by atoms with E-state index in [0.29, 0.717) is 35.7 Å². The molecular formula is C17H18N4O3S2. The lowest BCUT2D eigenvalue weighted by Crippen LogP contribution is -2.46. The van der Waals surface area contributed by atoms with Crippen LogP contribution in [0.15, 0.2) is 46.2 Å². The number of piperidine rings is 1. The average molecular weight is 390 g/mol. The minimum absolute atomic E-state index is 0.0326. The largest absolute Gasteiger partial charge is 0.349 e. The lowest BCUT2D eigenvalue weighted by molar-refractivity contribution is 0.0924.